The van der Waals surface area contributed by atoms with Gasteiger partial charge in [-0.2, -0.15) is 0 Å². The number of halogens is 1. The van der Waals surface area contributed by atoms with E-state index < -0.39 is 28.5 Å². The van der Waals surface area contributed by atoms with Crippen LogP contribution in [-0.2, 0) is 26.2 Å². The molecular weight excluding hydrogens is 562 g/mol. The zero-order valence-corrected chi connectivity index (χ0v) is 25.8. The smallest absolute Gasteiger partial charge is 0.264 e. The van der Waals surface area contributed by atoms with Crippen LogP contribution in [0.5, 0.6) is 5.75 Å². The molecule has 3 aromatic carbocycles. The lowest BCUT2D eigenvalue weighted by atomic mass is 10.1. The van der Waals surface area contributed by atoms with Crippen LogP contribution < -0.4 is 14.4 Å². The molecule has 0 aliphatic rings. The number of nitrogens with zero attached hydrogens (tertiary/aromatic N) is 2. The highest BCUT2D eigenvalue weighted by atomic mass is 35.5. The van der Waals surface area contributed by atoms with Crippen LogP contribution in [0, 0.1) is 13.8 Å². The second-order valence-corrected chi connectivity index (χ2v) is 12.3. The highest BCUT2D eigenvalue weighted by molar-refractivity contribution is 7.92. The maximum atomic E-state index is 14.1. The summed E-state index contributed by atoms with van der Waals surface area (Å²) >= 11 is 6.28. The van der Waals surface area contributed by atoms with Gasteiger partial charge in [0.25, 0.3) is 10.0 Å². The third-order valence-corrected chi connectivity index (χ3v) is 8.74. The minimum Gasteiger partial charge on any atom is -0.495 e. The average Bonchev–Trinajstić information content (AvgIpc) is 2.94. The Hall–Kier alpha value is -3.56. The standard InChI is InChI=1S/C31H38ClN3O5S/c1-6-7-17-33-31(37)24(4)34(20-25-10-8-9-23(3)18-25)30(36)21-35(28-19-26(32)13-16-29(28)40-5)41(38,39)27-14-11-22(2)12-15-27/h8-16,18-19,24H,6-7,17,20-21H2,1-5H3,(H,33,37)/t24-/m1/s1. The SMILES string of the molecule is CCCCNC(=O)[C@@H](C)N(Cc1cccc(C)c1)C(=O)CN(c1cc(Cl)ccc1OC)S(=O)(=O)c1ccc(C)cc1. The van der Waals surface area contributed by atoms with Gasteiger partial charge >= 0.3 is 0 Å². The third kappa shape index (κ3) is 8.24. The number of carbonyl (C=O) groups is 2. The minimum atomic E-state index is -4.25. The fourth-order valence-corrected chi connectivity index (χ4v) is 5.92. The molecule has 0 spiro atoms. The molecule has 8 nitrogen and oxygen atoms in total. The van der Waals surface area contributed by atoms with Gasteiger partial charge in [-0.15, -0.1) is 0 Å². The first-order valence-corrected chi connectivity index (χ1v) is 15.4. The molecule has 0 fully saturated rings. The number of unbranched alkanes of at least 4 members (excludes halogenated alkanes) is 1. The topological polar surface area (TPSA) is 96.0 Å². The molecule has 3 rings (SSSR count). The van der Waals surface area contributed by atoms with Crippen LogP contribution >= 0.6 is 11.6 Å². The molecule has 0 aromatic heterocycles. The summed E-state index contributed by atoms with van der Waals surface area (Å²) in [6.07, 6.45) is 1.72. The molecule has 1 atom stereocenters. The lowest BCUT2D eigenvalue weighted by Gasteiger charge is -2.32. The molecule has 0 bridgehead atoms. The molecule has 3 aromatic rings. The van der Waals surface area contributed by atoms with Crippen LogP contribution in [-0.4, -0.2) is 51.4 Å². The fourth-order valence-electron chi connectivity index (χ4n) is 4.33. The molecule has 10 heteroatoms. The van der Waals surface area contributed by atoms with Crippen molar-refractivity contribution >= 4 is 39.1 Å². The Bertz CT molecular complexity index is 1460. The van der Waals surface area contributed by atoms with Gasteiger partial charge in [-0.3, -0.25) is 13.9 Å². The van der Waals surface area contributed by atoms with E-state index in [2.05, 4.69) is 5.32 Å². The monoisotopic (exact) mass is 599 g/mol. The van der Waals surface area contributed by atoms with E-state index in [1.165, 1.54) is 30.2 Å². The maximum Gasteiger partial charge on any atom is 0.264 e. The highest BCUT2D eigenvalue weighted by Crippen LogP contribution is 2.35. The summed E-state index contributed by atoms with van der Waals surface area (Å²) in [5.74, 6) is -0.636. The van der Waals surface area contributed by atoms with Crippen LogP contribution in [0.4, 0.5) is 5.69 Å². The summed E-state index contributed by atoms with van der Waals surface area (Å²) in [6.45, 7) is 7.49. The Morgan fingerprint density at radius 1 is 1.00 bits per heavy atom. The number of aryl methyl sites for hydroxylation is 2. The number of sulfonamides is 1. The van der Waals surface area contributed by atoms with Crippen molar-refractivity contribution in [2.24, 2.45) is 0 Å². The second-order valence-electron chi connectivity index (χ2n) is 9.97. The predicted octanol–water partition coefficient (Wildman–Crippen LogP) is 5.49. The number of ether oxygens (including phenoxy) is 1. The maximum absolute atomic E-state index is 14.1. The number of nitrogens with one attached hydrogen (secondary N) is 1. The first-order valence-electron chi connectivity index (χ1n) is 13.5. The van der Waals surface area contributed by atoms with Gasteiger partial charge in [0.05, 0.1) is 17.7 Å². The van der Waals surface area contributed by atoms with Crippen molar-refractivity contribution < 1.29 is 22.7 Å². The summed E-state index contributed by atoms with van der Waals surface area (Å²) in [7, 11) is -2.83. The van der Waals surface area contributed by atoms with Gasteiger partial charge in [0.2, 0.25) is 11.8 Å². The summed E-state index contributed by atoms with van der Waals surface area (Å²) in [5, 5.41) is 3.16. The second kappa shape index (κ2) is 14.4. The third-order valence-electron chi connectivity index (χ3n) is 6.73. The van der Waals surface area contributed by atoms with E-state index in [0.29, 0.717) is 6.54 Å². The lowest BCUT2D eigenvalue weighted by molar-refractivity contribution is -0.139. The number of hydrogen-bond donors (Lipinski definition) is 1. The van der Waals surface area contributed by atoms with Crippen molar-refractivity contribution in [3.8, 4) is 5.75 Å². The van der Waals surface area contributed by atoms with Gasteiger partial charge in [-0.05, 0) is 63.1 Å². The quantitative estimate of drug-likeness (QED) is 0.262. The van der Waals surface area contributed by atoms with Crippen LogP contribution in [0.1, 0.15) is 43.4 Å². The van der Waals surface area contributed by atoms with Gasteiger partial charge in [0.1, 0.15) is 18.3 Å². The zero-order chi connectivity index (χ0) is 30.2. The molecule has 1 N–H and O–H groups in total. The number of methoxy groups -OCH3 is 1. The molecule has 2 amide bonds. The molecule has 0 radical (unpaired) electrons. The van der Waals surface area contributed by atoms with Crippen LogP contribution in [0.25, 0.3) is 0 Å². The minimum absolute atomic E-state index is 0.00789. The lowest BCUT2D eigenvalue weighted by Crippen LogP contribution is -2.51. The van der Waals surface area contributed by atoms with E-state index in [-0.39, 0.29) is 33.8 Å². The van der Waals surface area contributed by atoms with Crippen molar-refractivity contribution in [3.63, 3.8) is 0 Å². The highest BCUT2D eigenvalue weighted by Gasteiger charge is 2.34. The average molecular weight is 600 g/mol. The number of carbonyl (C=O) groups excluding carboxylic acids is 2. The predicted molar refractivity (Wildman–Crippen MR) is 163 cm³/mol. The van der Waals surface area contributed by atoms with Crippen molar-refractivity contribution in [1.82, 2.24) is 10.2 Å². The molecule has 220 valence electrons. The van der Waals surface area contributed by atoms with Crippen LogP contribution in [0.15, 0.2) is 71.6 Å². The Balaban J connectivity index is 2.07. The van der Waals surface area contributed by atoms with Crippen molar-refractivity contribution in [1.29, 1.82) is 0 Å². The summed E-state index contributed by atoms with van der Waals surface area (Å²) in [5.41, 5.74) is 2.82. The molecular formula is C31H38ClN3O5S. The largest absolute Gasteiger partial charge is 0.495 e. The normalized spacial score (nSPS) is 12.0. The number of amides is 2. The first kappa shape index (κ1) is 32.0. The van der Waals surface area contributed by atoms with Gasteiger partial charge in [-0.25, -0.2) is 8.42 Å². The van der Waals surface area contributed by atoms with E-state index >= 15 is 0 Å². The van der Waals surface area contributed by atoms with Gasteiger partial charge in [-0.1, -0.05) is 72.5 Å². The summed E-state index contributed by atoms with van der Waals surface area (Å²) < 4.78 is 34.5. The summed E-state index contributed by atoms with van der Waals surface area (Å²) in [6, 6.07) is 17.7. The van der Waals surface area contributed by atoms with Gasteiger partial charge in [0.15, 0.2) is 0 Å². The molecule has 0 saturated heterocycles. The molecule has 0 heterocycles. The van der Waals surface area contributed by atoms with Crippen LogP contribution in [0.3, 0.4) is 0 Å². The number of rotatable bonds is 13. The summed E-state index contributed by atoms with van der Waals surface area (Å²) in [4.78, 5) is 28.6. The number of benzene rings is 3. The molecule has 0 saturated carbocycles. The Labute approximate surface area is 248 Å². The van der Waals surface area contributed by atoms with E-state index in [1.807, 2.05) is 45.0 Å². The van der Waals surface area contributed by atoms with Crippen molar-refractivity contribution in [2.75, 3.05) is 24.5 Å². The van der Waals surface area contributed by atoms with Gasteiger partial charge < -0.3 is 15.0 Å². The van der Waals surface area contributed by atoms with E-state index in [4.69, 9.17) is 16.3 Å². The van der Waals surface area contributed by atoms with Crippen molar-refractivity contribution in [2.45, 2.75) is 58.0 Å². The van der Waals surface area contributed by atoms with E-state index in [0.717, 1.165) is 33.8 Å². The van der Waals surface area contributed by atoms with Crippen molar-refractivity contribution in [3.05, 3.63) is 88.4 Å². The number of hydrogen-bond acceptors (Lipinski definition) is 5. The number of anilines is 1. The molecule has 41 heavy (non-hydrogen) atoms. The van der Waals surface area contributed by atoms with E-state index in [9.17, 15) is 18.0 Å². The zero-order valence-electron chi connectivity index (χ0n) is 24.2. The first-order chi connectivity index (χ1) is 19.5. The van der Waals surface area contributed by atoms with E-state index in [1.54, 1.807) is 31.2 Å². The Kier molecular flexibility index (Phi) is 11.2. The Morgan fingerprint density at radius 3 is 2.34 bits per heavy atom. The molecule has 0 aliphatic carbocycles. The fraction of sp³-hybridized carbons (Fsp3) is 0.355. The van der Waals surface area contributed by atoms with Crippen LogP contribution in [0.2, 0.25) is 5.02 Å². The molecule has 0 unspecified atom stereocenters. The van der Waals surface area contributed by atoms with Gasteiger partial charge in [0, 0.05) is 18.1 Å². The Morgan fingerprint density at radius 2 is 1.71 bits per heavy atom. The molecule has 0 aliphatic heterocycles.